The molecule has 2 N–H and O–H groups in total. The van der Waals surface area contributed by atoms with Crippen molar-refractivity contribution in [2.75, 3.05) is 5.32 Å². The lowest BCUT2D eigenvalue weighted by Crippen LogP contribution is -2.08. The number of para-hydroxylation sites is 1. The molecule has 4 heteroatoms. The zero-order valence-electron chi connectivity index (χ0n) is 11.5. The van der Waals surface area contributed by atoms with E-state index in [1.807, 2.05) is 36.8 Å². The molecular formula is C15H21N3O. The first kappa shape index (κ1) is 13.6. The van der Waals surface area contributed by atoms with E-state index in [2.05, 4.69) is 21.8 Å². The molecule has 19 heavy (non-hydrogen) atoms. The van der Waals surface area contributed by atoms with Crippen LogP contribution in [0.15, 0.2) is 36.8 Å². The van der Waals surface area contributed by atoms with Crippen molar-refractivity contribution in [2.45, 2.75) is 39.5 Å². The van der Waals surface area contributed by atoms with E-state index in [0.29, 0.717) is 6.54 Å². The average molecular weight is 259 g/mol. The van der Waals surface area contributed by atoms with E-state index in [0.717, 1.165) is 29.9 Å². The van der Waals surface area contributed by atoms with Gasteiger partial charge in [-0.05, 0) is 19.4 Å². The van der Waals surface area contributed by atoms with Crippen molar-refractivity contribution in [2.24, 2.45) is 0 Å². The zero-order valence-corrected chi connectivity index (χ0v) is 11.5. The van der Waals surface area contributed by atoms with Crippen LogP contribution in [0.4, 0.5) is 5.69 Å². The van der Waals surface area contributed by atoms with Gasteiger partial charge in [0.25, 0.3) is 0 Å². The van der Waals surface area contributed by atoms with Crippen molar-refractivity contribution in [1.82, 2.24) is 9.55 Å². The molecule has 0 aliphatic heterocycles. The van der Waals surface area contributed by atoms with Crippen molar-refractivity contribution in [3.63, 3.8) is 0 Å². The molecule has 1 aromatic carbocycles. The number of hydrogen-bond donors (Lipinski definition) is 2. The Bertz CT molecular complexity index is 520. The van der Waals surface area contributed by atoms with Gasteiger partial charge in [0.2, 0.25) is 0 Å². The molecule has 4 nitrogen and oxygen atoms in total. The van der Waals surface area contributed by atoms with Crippen molar-refractivity contribution >= 4 is 5.69 Å². The minimum atomic E-state index is -0.468. The minimum absolute atomic E-state index is 0.468. The summed E-state index contributed by atoms with van der Waals surface area (Å²) in [6.07, 6.45) is 4.37. The highest BCUT2D eigenvalue weighted by Gasteiger charge is 2.07. The molecule has 1 atom stereocenters. The summed E-state index contributed by atoms with van der Waals surface area (Å²) >= 11 is 0. The van der Waals surface area contributed by atoms with E-state index in [-0.39, 0.29) is 0 Å². The quantitative estimate of drug-likeness (QED) is 0.838. The molecule has 0 radical (unpaired) electrons. The second-order valence-corrected chi connectivity index (χ2v) is 4.70. The molecule has 2 aromatic rings. The highest BCUT2D eigenvalue weighted by atomic mass is 16.3. The Balaban J connectivity index is 2.08. The zero-order chi connectivity index (χ0) is 13.7. The Morgan fingerprint density at radius 2 is 2.16 bits per heavy atom. The molecule has 0 fully saturated rings. The molecule has 1 unspecified atom stereocenters. The van der Waals surface area contributed by atoms with Crippen LogP contribution in [-0.4, -0.2) is 14.7 Å². The van der Waals surface area contributed by atoms with E-state index in [1.165, 1.54) is 0 Å². The van der Waals surface area contributed by atoms with Gasteiger partial charge in [0, 0.05) is 24.0 Å². The van der Waals surface area contributed by atoms with E-state index in [9.17, 15) is 5.11 Å². The highest BCUT2D eigenvalue weighted by molar-refractivity contribution is 5.52. The maximum absolute atomic E-state index is 9.74. The molecule has 0 saturated heterocycles. The fourth-order valence-electron chi connectivity index (χ4n) is 2.15. The van der Waals surface area contributed by atoms with Gasteiger partial charge >= 0.3 is 0 Å². The van der Waals surface area contributed by atoms with Crippen LogP contribution in [0.3, 0.4) is 0 Å². The van der Waals surface area contributed by atoms with Crippen LogP contribution in [0, 0.1) is 0 Å². The topological polar surface area (TPSA) is 50.1 Å². The fraction of sp³-hybridized carbons (Fsp3) is 0.400. The minimum Gasteiger partial charge on any atom is -0.389 e. The lowest BCUT2D eigenvalue weighted by molar-refractivity contribution is 0.200. The summed E-state index contributed by atoms with van der Waals surface area (Å²) < 4.78 is 2.15. The van der Waals surface area contributed by atoms with Crippen molar-refractivity contribution in [3.05, 3.63) is 48.0 Å². The number of nitrogens with one attached hydrogen (secondary N) is 1. The van der Waals surface area contributed by atoms with Gasteiger partial charge < -0.3 is 15.0 Å². The number of anilines is 1. The predicted molar refractivity (Wildman–Crippen MR) is 76.9 cm³/mol. The van der Waals surface area contributed by atoms with Crippen molar-refractivity contribution < 1.29 is 5.11 Å². The smallest absolute Gasteiger partial charge is 0.0948 e. The summed E-state index contributed by atoms with van der Waals surface area (Å²) in [6, 6.07) is 7.84. The molecule has 102 valence electrons. The Morgan fingerprint density at radius 3 is 2.89 bits per heavy atom. The van der Waals surface area contributed by atoms with Gasteiger partial charge in [0.1, 0.15) is 0 Å². The Hall–Kier alpha value is -1.81. The standard InChI is InChI=1S/C15H21N3O/c1-3-8-18-11-16-9-13(18)10-17-15-7-5-4-6-14(15)12(2)19/h4-7,9,11-12,17,19H,3,8,10H2,1-2H3. The van der Waals surface area contributed by atoms with Crippen LogP contribution in [0.1, 0.15) is 37.6 Å². The Kier molecular flexibility index (Phi) is 4.58. The number of aromatic nitrogens is 2. The largest absolute Gasteiger partial charge is 0.389 e. The molecule has 1 heterocycles. The molecule has 0 spiro atoms. The summed E-state index contributed by atoms with van der Waals surface area (Å²) in [5, 5.41) is 13.1. The number of aliphatic hydroxyl groups excluding tert-OH is 1. The lowest BCUT2D eigenvalue weighted by Gasteiger charge is -2.14. The second-order valence-electron chi connectivity index (χ2n) is 4.70. The first-order valence-electron chi connectivity index (χ1n) is 6.72. The number of aryl methyl sites for hydroxylation is 1. The molecule has 0 aliphatic carbocycles. The van der Waals surface area contributed by atoms with Gasteiger partial charge in [-0.3, -0.25) is 0 Å². The number of benzene rings is 1. The van der Waals surface area contributed by atoms with Gasteiger partial charge in [-0.25, -0.2) is 4.98 Å². The number of hydrogen-bond acceptors (Lipinski definition) is 3. The summed E-state index contributed by atoms with van der Waals surface area (Å²) in [5.74, 6) is 0. The van der Waals surface area contributed by atoms with Crippen LogP contribution in [0.5, 0.6) is 0 Å². The maximum Gasteiger partial charge on any atom is 0.0948 e. The van der Waals surface area contributed by atoms with E-state index < -0.39 is 6.10 Å². The average Bonchev–Trinajstić information content (AvgIpc) is 2.84. The molecule has 0 aliphatic rings. The van der Waals surface area contributed by atoms with Crippen molar-refractivity contribution in [1.29, 1.82) is 0 Å². The maximum atomic E-state index is 9.74. The summed E-state index contributed by atoms with van der Waals surface area (Å²) in [6.45, 7) is 5.63. The summed E-state index contributed by atoms with van der Waals surface area (Å²) in [4.78, 5) is 4.18. The van der Waals surface area contributed by atoms with Crippen LogP contribution in [0.2, 0.25) is 0 Å². The Labute approximate surface area is 114 Å². The summed E-state index contributed by atoms with van der Waals surface area (Å²) in [5.41, 5.74) is 3.05. The predicted octanol–water partition coefficient (Wildman–Crippen LogP) is 2.96. The molecule has 0 amide bonds. The van der Waals surface area contributed by atoms with Gasteiger partial charge in [0.15, 0.2) is 0 Å². The summed E-state index contributed by atoms with van der Waals surface area (Å²) in [7, 11) is 0. The molecule has 0 saturated carbocycles. The van der Waals surface area contributed by atoms with Crippen LogP contribution in [0.25, 0.3) is 0 Å². The van der Waals surface area contributed by atoms with Crippen LogP contribution in [-0.2, 0) is 13.1 Å². The third-order valence-electron chi connectivity index (χ3n) is 3.13. The molecule has 0 bridgehead atoms. The Morgan fingerprint density at radius 1 is 1.37 bits per heavy atom. The van der Waals surface area contributed by atoms with E-state index in [1.54, 1.807) is 6.92 Å². The van der Waals surface area contributed by atoms with E-state index >= 15 is 0 Å². The molecular weight excluding hydrogens is 238 g/mol. The van der Waals surface area contributed by atoms with Gasteiger partial charge in [-0.1, -0.05) is 25.1 Å². The fourth-order valence-corrected chi connectivity index (χ4v) is 2.15. The van der Waals surface area contributed by atoms with Crippen molar-refractivity contribution in [3.8, 4) is 0 Å². The number of nitrogens with zero attached hydrogens (tertiary/aromatic N) is 2. The normalized spacial score (nSPS) is 12.4. The molecule has 2 rings (SSSR count). The van der Waals surface area contributed by atoms with Gasteiger partial charge in [0.05, 0.1) is 24.7 Å². The number of aliphatic hydroxyl groups is 1. The number of imidazole rings is 1. The highest BCUT2D eigenvalue weighted by Crippen LogP contribution is 2.22. The monoisotopic (exact) mass is 259 g/mol. The van der Waals surface area contributed by atoms with Gasteiger partial charge in [-0.2, -0.15) is 0 Å². The molecule has 1 aromatic heterocycles. The third kappa shape index (κ3) is 3.35. The first-order valence-corrected chi connectivity index (χ1v) is 6.72. The second kappa shape index (κ2) is 6.38. The van der Waals surface area contributed by atoms with Crippen LogP contribution < -0.4 is 5.32 Å². The van der Waals surface area contributed by atoms with E-state index in [4.69, 9.17) is 0 Å². The van der Waals surface area contributed by atoms with Crippen LogP contribution >= 0.6 is 0 Å². The SMILES string of the molecule is CCCn1cncc1CNc1ccccc1C(C)O. The number of rotatable bonds is 6. The third-order valence-corrected chi connectivity index (χ3v) is 3.13. The lowest BCUT2D eigenvalue weighted by atomic mass is 10.1. The van der Waals surface area contributed by atoms with Gasteiger partial charge in [-0.15, -0.1) is 0 Å². The first-order chi connectivity index (χ1) is 9.22.